The Hall–Kier alpha value is -0.0800. The first-order valence-electron chi connectivity index (χ1n) is 7.56. The maximum absolute atomic E-state index is 3.59. The van der Waals surface area contributed by atoms with E-state index in [0.717, 1.165) is 5.92 Å². The first-order valence-corrected chi connectivity index (χ1v) is 7.56. The van der Waals surface area contributed by atoms with Crippen LogP contribution in [0.4, 0.5) is 0 Å². The van der Waals surface area contributed by atoms with Gasteiger partial charge < -0.3 is 5.32 Å². The number of likely N-dealkylation sites (tertiary alicyclic amines) is 1. The topological polar surface area (TPSA) is 15.3 Å². The Morgan fingerprint density at radius 1 is 1.18 bits per heavy atom. The molecule has 1 rings (SSSR count). The first kappa shape index (κ1) is 15.0. The minimum atomic E-state index is 0.479. The number of rotatable bonds is 7. The van der Waals surface area contributed by atoms with E-state index in [-0.39, 0.29) is 0 Å². The van der Waals surface area contributed by atoms with Crippen molar-refractivity contribution in [1.82, 2.24) is 10.2 Å². The third-order valence-electron chi connectivity index (χ3n) is 4.75. The Bertz CT molecular complexity index is 201. The van der Waals surface area contributed by atoms with E-state index in [1.165, 1.54) is 45.3 Å². The molecule has 1 unspecified atom stereocenters. The Morgan fingerprint density at radius 2 is 1.76 bits per heavy atom. The van der Waals surface area contributed by atoms with E-state index in [4.69, 9.17) is 0 Å². The second kappa shape index (κ2) is 6.75. The van der Waals surface area contributed by atoms with E-state index >= 15 is 0 Å². The third-order valence-corrected chi connectivity index (χ3v) is 4.75. The molecule has 0 amide bonds. The quantitative estimate of drug-likeness (QED) is 0.735. The van der Waals surface area contributed by atoms with Crippen molar-refractivity contribution in [2.24, 2.45) is 5.92 Å². The van der Waals surface area contributed by atoms with Crippen molar-refractivity contribution in [3.05, 3.63) is 0 Å². The van der Waals surface area contributed by atoms with Crippen molar-refractivity contribution in [3.8, 4) is 0 Å². The van der Waals surface area contributed by atoms with Gasteiger partial charge in [0.1, 0.15) is 0 Å². The van der Waals surface area contributed by atoms with E-state index < -0.39 is 0 Å². The van der Waals surface area contributed by atoms with Crippen LogP contribution in [0.5, 0.6) is 0 Å². The highest BCUT2D eigenvalue weighted by atomic mass is 15.2. The standard InChI is InChI=1S/C15H32N2/c1-6-15(7-2,8-3)17-10-9-14(12-17)11-16-13(4)5/h13-14,16H,6-12H2,1-5H3. The Labute approximate surface area is 108 Å². The van der Waals surface area contributed by atoms with E-state index in [0.29, 0.717) is 11.6 Å². The molecule has 0 aliphatic carbocycles. The highest BCUT2D eigenvalue weighted by molar-refractivity contribution is 4.92. The zero-order chi connectivity index (χ0) is 12.9. The molecule has 2 nitrogen and oxygen atoms in total. The summed E-state index contributed by atoms with van der Waals surface area (Å²) in [6.07, 6.45) is 5.26. The molecule has 0 radical (unpaired) electrons. The zero-order valence-electron chi connectivity index (χ0n) is 12.6. The van der Waals surface area contributed by atoms with Gasteiger partial charge in [0.2, 0.25) is 0 Å². The number of nitrogens with one attached hydrogen (secondary N) is 1. The van der Waals surface area contributed by atoms with Crippen LogP contribution in [0.15, 0.2) is 0 Å². The van der Waals surface area contributed by atoms with E-state index in [1.54, 1.807) is 0 Å². The molecule has 1 saturated heterocycles. The zero-order valence-corrected chi connectivity index (χ0v) is 12.6. The summed E-state index contributed by atoms with van der Waals surface area (Å²) in [5.41, 5.74) is 0.479. The lowest BCUT2D eigenvalue weighted by atomic mass is 9.88. The monoisotopic (exact) mass is 240 g/mol. The summed E-state index contributed by atoms with van der Waals surface area (Å²) in [5.74, 6) is 0.862. The Morgan fingerprint density at radius 3 is 2.24 bits per heavy atom. The summed E-state index contributed by atoms with van der Waals surface area (Å²) in [6.45, 7) is 15.3. The van der Waals surface area contributed by atoms with Crippen LogP contribution in [0.25, 0.3) is 0 Å². The summed E-state index contributed by atoms with van der Waals surface area (Å²) < 4.78 is 0. The lowest BCUT2D eigenvalue weighted by Crippen LogP contribution is -2.46. The molecule has 102 valence electrons. The van der Waals surface area contributed by atoms with Crippen LogP contribution in [-0.4, -0.2) is 36.1 Å². The van der Waals surface area contributed by atoms with Gasteiger partial charge >= 0.3 is 0 Å². The van der Waals surface area contributed by atoms with E-state index in [1.807, 2.05) is 0 Å². The summed E-state index contributed by atoms with van der Waals surface area (Å²) in [6, 6.07) is 0.623. The van der Waals surface area contributed by atoms with Crippen LogP contribution in [-0.2, 0) is 0 Å². The van der Waals surface area contributed by atoms with Gasteiger partial charge in [-0.15, -0.1) is 0 Å². The second-order valence-corrected chi connectivity index (χ2v) is 5.95. The number of hydrogen-bond donors (Lipinski definition) is 1. The van der Waals surface area contributed by atoms with Gasteiger partial charge in [-0.2, -0.15) is 0 Å². The predicted molar refractivity (Wildman–Crippen MR) is 76.4 cm³/mol. The highest BCUT2D eigenvalue weighted by Gasteiger charge is 2.36. The lowest BCUT2D eigenvalue weighted by Gasteiger charge is -2.40. The maximum Gasteiger partial charge on any atom is 0.0201 e. The smallest absolute Gasteiger partial charge is 0.0201 e. The first-order chi connectivity index (χ1) is 8.07. The fourth-order valence-electron chi connectivity index (χ4n) is 3.25. The average Bonchev–Trinajstić information content (AvgIpc) is 2.79. The molecule has 0 aromatic carbocycles. The molecule has 1 aliphatic heterocycles. The van der Waals surface area contributed by atoms with Crippen LogP contribution >= 0.6 is 0 Å². The molecule has 1 N–H and O–H groups in total. The fourth-order valence-corrected chi connectivity index (χ4v) is 3.25. The van der Waals surface area contributed by atoms with E-state index in [9.17, 15) is 0 Å². The van der Waals surface area contributed by atoms with Crippen LogP contribution < -0.4 is 5.32 Å². The minimum absolute atomic E-state index is 0.479. The molecule has 1 heterocycles. The van der Waals surface area contributed by atoms with Gasteiger partial charge in [-0.3, -0.25) is 4.90 Å². The molecule has 1 aliphatic rings. The average molecular weight is 240 g/mol. The number of nitrogens with zero attached hydrogens (tertiary/aromatic N) is 1. The van der Waals surface area contributed by atoms with Crippen LogP contribution in [0.3, 0.4) is 0 Å². The largest absolute Gasteiger partial charge is 0.314 e. The van der Waals surface area contributed by atoms with Gasteiger partial charge in [0, 0.05) is 18.1 Å². The third kappa shape index (κ3) is 3.69. The van der Waals surface area contributed by atoms with Gasteiger partial charge in [0.15, 0.2) is 0 Å². The highest BCUT2D eigenvalue weighted by Crippen LogP contribution is 2.32. The molecule has 0 saturated carbocycles. The molecule has 0 aromatic heterocycles. The maximum atomic E-state index is 3.59. The minimum Gasteiger partial charge on any atom is -0.314 e. The van der Waals surface area contributed by atoms with Crippen molar-refractivity contribution in [2.75, 3.05) is 19.6 Å². The fraction of sp³-hybridized carbons (Fsp3) is 1.00. The summed E-state index contributed by atoms with van der Waals surface area (Å²) in [7, 11) is 0. The van der Waals surface area contributed by atoms with Gasteiger partial charge in [-0.25, -0.2) is 0 Å². The molecular formula is C15H32N2. The molecule has 1 atom stereocenters. The molecule has 0 aromatic rings. The van der Waals surface area contributed by atoms with Crippen molar-refractivity contribution < 1.29 is 0 Å². The van der Waals surface area contributed by atoms with Crippen LogP contribution in [0.2, 0.25) is 0 Å². The molecule has 17 heavy (non-hydrogen) atoms. The van der Waals surface area contributed by atoms with Crippen molar-refractivity contribution >= 4 is 0 Å². The summed E-state index contributed by atoms with van der Waals surface area (Å²) in [4.78, 5) is 2.76. The van der Waals surface area contributed by atoms with Gasteiger partial charge in [0.05, 0.1) is 0 Å². The lowest BCUT2D eigenvalue weighted by molar-refractivity contribution is 0.0962. The van der Waals surface area contributed by atoms with Gasteiger partial charge in [0.25, 0.3) is 0 Å². The van der Waals surface area contributed by atoms with Gasteiger partial charge in [-0.1, -0.05) is 34.6 Å². The molecule has 1 fully saturated rings. The molecule has 0 spiro atoms. The van der Waals surface area contributed by atoms with Crippen molar-refractivity contribution in [3.63, 3.8) is 0 Å². The number of hydrogen-bond acceptors (Lipinski definition) is 2. The van der Waals surface area contributed by atoms with Gasteiger partial charge in [-0.05, 0) is 44.7 Å². The van der Waals surface area contributed by atoms with Crippen molar-refractivity contribution in [2.45, 2.75) is 71.9 Å². The summed E-state index contributed by atoms with van der Waals surface area (Å²) in [5, 5.41) is 3.59. The van der Waals surface area contributed by atoms with Crippen molar-refractivity contribution in [1.29, 1.82) is 0 Å². The predicted octanol–water partition coefficient (Wildman–Crippen LogP) is 3.28. The molecular weight excluding hydrogens is 208 g/mol. The van der Waals surface area contributed by atoms with E-state index in [2.05, 4.69) is 44.8 Å². The SMILES string of the molecule is CCC(CC)(CC)N1CCC(CNC(C)C)C1. The molecule has 2 heteroatoms. The molecule has 0 bridgehead atoms. The summed E-state index contributed by atoms with van der Waals surface area (Å²) >= 11 is 0. The Balaban J connectivity index is 2.48. The second-order valence-electron chi connectivity index (χ2n) is 5.95. The van der Waals surface area contributed by atoms with Crippen LogP contribution in [0.1, 0.15) is 60.3 Å². The normalized spacial score (nSPS) is 22.6. The van der Waals surface area contributed by atoms with Crippen LogP contribution in [0, 0.1) is 5.92 Å². The Kier molecular flexibility index (Phi) is 5.94.